The molecule has 2 heterocycles. The Morgan fingerprint density at radius 3 is 2.46 bits per heavy atom. The van der Waals surface area contributed by atoms with Crippen molar-refractivity contribution in [2.75, 3.05) is 31.2 Å². The minimum atomic E-state index is -3.23. The van der Waals surface area contributed by atoms with Crippen molar-refractivity contribution in [1.82, 2.24) is 19.4 Å². The second kappa shape index (κ2) is 8.17. The molecule has 0 aliphatic carbocycles. The zero-order valence-electron chi connectivity index (χ0n) is 15.7. The van der Waals surface area contributed by atoms with Gasteiger partial charge in [0.25, 0.3) is 5.91 Å². The molecule has 26 heavy (non-hydrogen) atoms. The highest BCUT2D eigenvalue weighted by Gasteiger charge is 2.30. The number of piperidine rings is 1. The lowest BCUT2D eigenvalue weighted by atomic mass is 9.97. The fourth-order valence-electron chi connectivity index (χ4n) is 2.86. The van der Waals surface area contributed by atoms with Crippen molar-refractivity contribution in [2.45, 2.75) is 26.7 Å². The smallest absolute Gasteiger partial charge is 0.271 e. The molecule has 1 aliphatic rings. The number of hydrogen-bond donors (Lipinski definition) is 2. The third kappa shape index (κ3) is 5.04. The molecule has 2 N–H and O–H groups in total. The van der Waals surface area contributed by atoms with Crippen molar-refractivity contribution in [2.24, 2.45) is 18.9 Å². The summed E-state index contributed by atoms with van der Waals surface area (Å²) in [6.45, 7) is 5.17. The second-order valence-corrected chi connectivity index (χ2v) is 9.04. The van der Waals surface area contributed by atoms with Crippen LogP contribution < -0.4 is 10.6 Å². The minimum absolute atomic E-state index is 0.218. The van der Waals surface area contributed by atoms with Gasteiger partial charge in [0, 0.05) is 32.6 Å². The van der Waals surface area contributed by atoms with E-state index in [1.54, 1.807) is 7.05 Å². The summed E-state index contributed by atoms with van der Waals surface area (Å²) in [5, 5.41) is 9.65. The molecule has 2 amide bonds. The van der Waals surface area contributed by atoms with Gasteiger partial charge in [0.15, 0.2) is 0 Å². The van der Waals surface area contributed by atoms with E-state index >= 15 is 0 Å². The van der Waals surface area contributed by atoms with Crippen molar-refractivity contribution in [1.29, 1.82) is 0 Å². The van der Waals surface area contributed by atoms with E-state index < -0.39 is 10.0 Å². The average Bonchev–Trinajstić information content (AvgIpc) is 2.92. The summed E-state index contributed by atoms with van der Waals surface area (Å²) in [5.74, 6) is -0.491. The molecule has 0 spiro atoms. The van der Waals surface area contributed by atoms with Crippen LogP contribution >= 0.6 is 0 Å². The van der Waals surface area contributed by atoms with Crippen LogP contribution in [0.25, 0.3) is 0 Å². The highest BCUT2D eigenvalue weighted by atomic mass is 32.2. The summed E-state index contributed by atoms with van der Waals surface area (Å²) >= 11 is 0. The van der Waals surface area contributed by atoms with Gasteiger partial charge in [-0.1, -0.05) is 13.8 Å². The quantitative estimate of drug-likeness (QED) is 0.737. The molecule has 0 unspecified atom stereocenters. The number of nitrogens with one attached hydrogen (secondary N) is 2. The van der Waals surface area contributed by atoms with Gasteiger partial charge in [-0.3, -0.25) is 14.3 Å². The first kappa shape index (κ1) is 20.4. The zero-order valence-corrected chi connectivity index (χ0v) is 16.5. The first-order chi connectivity index (χ1) is 12.1. The van der Waals surface area contributed by atoms with Crippen molar-refractivity contribution >= 4 is 27.5 Å². The number of carbonyl (C=O) groups excluding carboxylic acids is 2. The molecule has 1 saturated heterocycles. The maximum Gasteiger partial charge on any atom is 0.271 e. The van der Waals surface area contributed by atoms with E-state index in [0.717, 1.165) is 0 Å². The van der Waals surface area contributed by atoms with Crippen LogP contribution in [0.1, 0.15) is 37.2 Å². The van der Waals surface area contributed by atoms with Gasteiger partial charge >= 0.3 is 0 Å². The number of sulfonamides is 1. The molecule has 1 fully saturated rings. The lowest BCUT2D eigenvalue weighted by molar-refractivity contribution is -0.120. The molecule has 2 rings (SSSR count). The monoisotopic (exact) mass is 385 g/mol. The van der Waals surface area contributed by atoms with E-state index in [9.17, 15) is 18.0 Å². The summed E-state index contributed by atoms with van der Waals surface area (Å²) in [7, 11) is -1.58. The number of aryl methyl sites for hydroxylation is 1. The SMILES string of the molecule is CC(C)CNC(=O)c1c(NC(=O)C2CCN(S(C)(=O)=O)CC2)cnn1C. The highest BCUT2D eigenvalue weighted by Crippen LogP contribution is 2.22. The molecule has 1 aromatic heterocycles. The molecular formula is C16H27N5O4S. The lowest BCUT2D eigenvalue weighted by Gasteiger charge is -2.29. The highest BCUT2D eigenvalue weighted by molar-refractivity contribution is 7.88. The normalized spacial score (nSPS) is 16.7. The molecule has 1 aromatic rings. The van der Waals surface area contributed by atoms with Crippen LogP contribution in [0.4, 0.5) is 5.69 Å². The summed E-state index contributed by atoms with van der Waals surface area (Å²) in [6, 6.07) is 0. The van der Waals surface area contributed by atoms with Crippen LogP contribution in [0.15, 0.2) is 6.20 Å². The number of aromatic nitrogens is 2. The lowest BCUT2D eigenvalue weighted by Crippen LogP contribution is -2.41. The van der Waals surface area contributed by atoms with Gasteiger partial charge in [0.2, 0.25) is 15.9 Å². The summed E-state index contributed by atoms with van der Waals surface area (Å²) in [6.07, 6.45) is 3.53. The van der Waals surface area contributed by atoms with Crippen molar-refractivity contribution in [3.63, 3.8) is 0 Å². The fourth-order valence-corrected chi connectivity index (χ4v) is 3.74. The summed E-state index contributed by atoms with van der Waals surface area (Å²) in [4.78, 5) is 24.9. The Morgan fingerprint density at radius 2 is 1.92 bits per heavy atom. The van der Waals surface area contributed by atoms with Gasteiger partial charge in [-0.05, 0) is 18.8 Å². The molecule has 10 heteroatoms. The summed E-state index contributed by atoms with van der Waals surface area (Å²) < 4.78 is 25.9. The molecular weight excluding hydrogens is 358 g/mol. The number of amides is 2. The third-order valence-electron chi connectivity index (χ3n) is 4.38. The Kier molecular flexibility index (Phi) is 6.40. The molecule has 146 valence electrons. The molecule has 9 nitrogen and oxygen atoms in total. The van der Waals surface area contributed by atoms with Gasteiger partial charge < -0.3 is 10.6 Å². The van der Waals surface area contributed by atoms with Crippen LogP contribution in [-0.2, 0) is 21.9 Å². The minimum Gasteiger partial charge on any atom is -0.350 e. The van der Waals surface area contributed by atoms with Gasteiger partial charge in [-0.25, -0.2) is 12.7 Å². The number of hydrogen-bond acceptors (Lipinski definition) is 5. The Bertz CT molecular complexity index is 764. The van der Waals surface area contributed by atoms with Crippen LogP contribution in [-0.4, -0.2) is 60.2 Å². The molecule has 0 radical (unpaired) electrons. The molecule has 0 saturated carbocycles. The van der Waals surface area contributed by atoms with Gasteiger partial charge in [-0.15, -0.1) is 0 Å². The number of nitrogens with zero attached hydrogens (tertiary/aromatic N) is 3. The topological polar surface area (TPSA) is 113 Å². The van der Waals surface area contributed by atoms with Crippen LogP contribution in [0.3, 0.4) is 0 Å². The Hall–Kier alpha value is -1.94. The largest absolute Gasteiger partial charge is 0.350 e. The number of rotatable bonds is 6. The number of carbonyl (C=O) groups is 2. The zero-order chi connectivity index (χ0) is 19.5. The average molecular weight is 385 g/mol. The van der Waals surface area contributed by atoms with Crippen molar-refractivity contribution in [3.8, 4) is 0 Å². The van der Waals surface area contributed by atoms with Crippen molar-refractivity contribution in [3.05, 3.63) is 11.9 Å². The van der Waals surface area contributed by atoms with Gasteiger partial charge in [0.1, 0.15) is 5.69 Å². The summed E-state index contributed by atoms with van der Waals surface area (Å²) in [5.41, 5.74) is 0.664. The molecule has 0 aromatic carbocycles. The van der Waals surface area contributed by atoms with E-state index in [-0.39, 0.29) is 17.7 Å². The maximum atomic E-state index is 12.5. The Morgan fingerprint density at radius 1 is 1.31 bits per heavy atom. The van der Waals surface area contributed by atoms with E-state index in [1.807, 2.05) is 13.8 Å². The molecule has 0 bridgehead atoms. The predicted octanol–water partition coefficient (Wildman–Crippen LogP) is 0.416. The van der Waals surface area contributed by atoms with Crippen LogP contribution in [0.2, 0.25) is 0 Å². The maximum absolute atomic E-state index is 12.5. The van der Waals surface area contributed by atoms with Crippen LogP contribution in [0.5, 0.6) is 0 Å². The Balaban J connectivity index is 2.01. The first-order valence-corrected chi connectivity index (χ1v) is 10.5. The predicted molar refractivity (Wildman–Crippen MR) is 98.1 cm³/mol. The van der Waals surface area contributed by atoms with E-state index in [0.29, 0.717) is 49.8 Å². The standard InChI is InChI=1S/C16H27N5O4S/c1-11(2)9-17-16(23)14-13(10-18-20(14)3)19-15(22)12-5-7-21(8-6-12)26(4,24)25/h10-12H,5-9H2,1-4H3,(H,17,23)(H,19,22). The molecule has 0 atom stereocenters. The van der Waals surface area contributed by atoms with E-state index in [2.05, 4.69) is 15.7 Å². The molecule has 1 aliphatic heterocycles. The second-order valence-electron chi connectivity index (χ2n) is 7.06. The van der Waals surface area contributed by atoms with Gasteiger partial charge in [0.05, 0.1) is 18.1 Å². The number of anilines is 1. The van der Waals surface area contributed by atoms with Crippen LogP contribution in [0, 0.1) is 11.8 Å². The van der Waals surface area contributed by atoms with E-state index in [4.69, 9.17) is 0 Å². The fraction of sp³-hybridized carbons (Fsp3) is 0.688. The third-order valence-corrected chi connectivity index (χ3v) is 5.68. The first-order valence-electron chi connectivity index (χ1n) is 8.65. The van der Waals surface area contributed by atoms with Gasteiger partial charge in [-0.2, -0.15) is 5.10 Å². The van der Waals surface area contributed by atoms with Crippen molar-refractivity contribution < 1.29 is 18.0 Å². The van der Waals surface area contributed by atoms with E-state index in [1.165, 1.54) is 21.4 Å². The Labute approximate surface area is 154 Å².